The van der Waals surface area contributed by atoms with Gasteiger partial charge in [-0.1, -0.05) is 24.3 Å². The fraction of sp³-hybridized carbons (Fsp3) is 0.133. The van der Waals surface area contributed by atoms with E-state index in [-0.39, 0.29) is 5.69 Å². The third-order valence-electron chi connectivity index (χ3n) is 2.84. The van der Waals surface area contributed by atoms with Gasteiger partial charge < -0.3 is 10.6 Å². The van der Waals surface area contributed by atoms with Crippen molar-refractivity contribution in [3.63, 3.8) is 0 Å². The highest BCUT2D eigenvalue weighted by molar-refractivity contribution is 5.75. The van der Waals surface area contributed by atoms with E-state index < -0.39 is 5.82 Å². The van der Waals surface area contributed by atoms with Crippen molar-refractivity contribution in [3.05, 3.63) is 54.3 Å². The molecular weight excluding hydrogens is 241 g/mol. The topological polar surface area (TPSA) is 53.0 Å². The summed E-state index contributed by atoms with van der Waals surface area (Å²) in [5.74, 6) is -0.449. The van der Waals surface area contributed by atoms with Crippen molar-refractivity contribution < 1.29 is 4.39 Å². The highest BCUT2D eigenvalue weighted by atomic mass is 19.1. The number of hydrogen-bond acceptors (Lipinski definition) is 3. The van der Waals surface area contributed by atoms with Gasteiger partial charge in [0.2, 0.25) is 0 Å². The van der Waals surface area contributed by atoms with Crippen LogP contribution in [0.15, 0.2) is 48.5 Å². The number of nitrogens with zero attached hydrogens (tertiary/aromatic N) is 2. The predicted octanol–water partition coefficient (Wildman–Crippen LogP) is 3.46. The van der Waals surface area contributed by atoms with Gasteiger partial charge in [0.15, 0.2) is 0 Å². The fourth-order valence-corrected chi connectivity index (χ4v) is 1.92. The average molecular weight is 255 g/mol. The predicted molar refractivity (Wildman–Crippen MR) is 74.5 cm³/mol. The Morgan fingerprint density at radius 3 is 2.53 bits per heavy atom. The monoisotopic (exact) mass is 255 g/mol. The van der Waals surface area contributed by atoms with Crippen molar-refractivity contribution in [1.29, 1.82) is 5.26 Å². The van der Waals surface area contributed by atoms with Gasteiger partial charge in [0, 0.05) is 12.2 Å². The molecule has 2 aromatic carbocycles. The number of nitrogens with two attached hydrogens (primary N) is 1. The Balaban J connectivity index is 2.44. The summed E-state index contributed by atoms with van der Waals surface area (Å²) in [6.07, 6.45) is 0.338. The molecule has 0 spiro atoms. The minimum atomic E-state index is -0.449. The first-order chi connectivity index (χ1) is 9.24. The van der Waals surface area contributed by atoms with E-state index in [0.29, 0.717) is 18.7 Å². The van der Waals surface area contributed by atoms with Crippen LogP contribution in [-0.2, 0) is 0 Å². The summed E-state index contributed by atoms with van der Waals surface area (Å²) in [6.45, 7) is 0.466. The Morgan fingerprint density at radius 1 is 1.11 bits per heavy atom. The molecule has 0 heterocycles. The standard InChI is InChI=1S/C15H14FN3/c16-13-8-4-9-14(15(13)18)19(11-5-10-17)12-6-2-1-3-7-12/h1-4,6-9H,5,11,18H2. The van der Waals surface area contributed by atoms with Crippen LogP contribution in [0.4, 0.5) is 21.5 Å². The number of anilines is 3. The Labute approximate surface area is 111 Å². The minimum Gasteiger partial charge on any atom is -0.395 e. The van der Waals surface area contributed by atoms with Gasteiger partial charge in [-0.2, -0.15) is 5.26 Å². The van der Waals surface area contributed by atoms with Gasteiger partial charge in [-0.15, -0.1) is 0 Å². The summed E-state index contributed by atoms with van der Waals surface area (Å²) in [6, 6.07) is 16.3. The van der Waals surface area contributed by atoms with Gasteiger partial charge in [0.1, 0.15) is 5.82 Å². The van der Waals surface area contributed by atoms with Gasteiger partial charge in [0.25, 0.3) is 0 Å². The molecule has 4 heteroatoms. The summed E-state index contributed by atoms with van der Waals surface area (Å²) in [4.78, 5) is 1.85. The molecule has 0 fully saturated rings. The van der Waals surface area contributed by atoms with Crippen LogP contribution in [0, 0.1) is 17.1 Å². The Morgan fingerprint density at radius 2 is 1.84 bits per heavy atom. The summed E-state index contributed by atoms with van der Waals surface area (Å²) in [5.41, 5.74) is 7.36. The van der Waals surface area contributed by atoms with Crippen LogP contribution in [0.5, 0.6) is 0 Å². The molecule has 0 atom stereocenters. The highest BCUT2D eigenvalue weighted by Crippen LogP contribution is 2.31. The van der Waals surface area contributed by atoms with Crippen LogP contribution in [0.2, 0.25) is 0 Å². The summed E-state index contributed by atoms with van der Waals surface area (Å²) in [7, 11) is 0. The first-order valence-electron chi connectivity index (χ1n) is 5.97. The highest BCUT2D eigenvalue weighted by Gasteiger charge is 2.13. The molecule has 2 N–H and O–H groups in total. The summed E-state index contributed by atoms with van der Waals surface area (Å²) in [5, 5.41) is 8.75. The first kappa shape index (κ1) is 12.9. The molecule has 0 aliphatic carbocycles. The molecule has 0 amide bonds. The number of hydrogen-bond donors (Lipinski definition) is 1. The fourth-order valence-electron chi connectivity index (χ4n) is 1.92. The molecule has 96 valence electrons. The second kappa shape index (κ2) is 5.87. The van der Waals surface area contributed by atoms with Gasteiger partial charge in [-0.3, -0.25) is 0 Å². The molecule has 0 unspecified atom stereocenters. The third-order valence-corrected chi connectivity index (χ3v) is 2.84. The lowest BCUT2D eigenvalue weighted by Crippen LogP contribution is -2.19. The van der Waals surface area contributed by atoms with E-state index in [1.54, 1.807) is 12.1 Å². The number of nitriles is 1. The zero-order valence-corrected chi connectivity index (χ0v) is 10.4. The van der Waals surface area contributed by atoms with Crippen molar-refractivity contribution in [2.24, 2.45) is 0 Å². The van der Waals surface area contributed by atoms with E-state index in [9.17, 15) is 4.39 Å². The molecule has 19 heavy (non-hydrogen) atoms. The summed E-state index contributed by atoms with van der Waals surface area (Å²) >= 11 is 0. The number of nitrogen functional groups attached to an aromatic ring is 1. The molecule has 0 saturated heterocycles. The van der Waals surface area contributed by atoms with Crippen molar-refractivity contribution in [2.45, 2.75) is 6.42 Å². The van der Waals surface area contributed by atoms with Gasteiger partial charge in [-0.25, -0.2) is 4.39 Å². The number of rotatable bonds is 4. The Hall–Kier alpha value is -2.54. The van der Waals surface area contributed by atoms with Crippen molar-refractivity contribution in [2.75, 3.05) is 17.2 Å². The molecule has 0 aromatic heterocycles. The van der Waals surface area contributed by atoms with E-state index in [1.807, 2.05) is 35.2 Å². The largest absolute Gasteiger partial charge is 0.395 e. The van der Waals surface area contributed by atoms with Crippen LogP contribution in [0.3, 0.4) is 0 Å². The average Bonchev–Trinajstić information content (AvgIpc) is 2.45. The Kier molecular flexibility index (Phi) is 3.99. The number of para-hydroxylation sites is 2. The van der Waals surface area contributed by atoms with Crippen LogP contribution in [-0.4, -0.2) is 6.54 Å². The van der Waals surface area contributed by atoms with Crippen molar-refractivity contribution in [3.8, 4) is 6.07 Å². The van der Waals surface area contributed by atoms with E-state index >= 15 is 0 Å². The van der Waals surface area contributed by atoms with Crippen LogP contribution in [0.1, 0.15) is 6.42 Å². The normalized spacial score (nSPS) is 9.89. The maximum atomic E-state index is 13.6. The van der Waals surface area contributed by atoms with Gasteiger partial charge in [-0.05, 0) is 24.3 Å². The summed E-state index contributed by atoms with van der Waals surface area (Å²) < 4.78 is 13.6. The van der Waals surface area contributed by atoms with E-state index in [1.165, 1.54) is 6.07 Å². The lowest BCUT2D eigenvalue weighted by atomic mass is 10.2. The van der Waals surface area contributed by atoms with E-state index in [4.69, 9.17) is 11.0 Å². The van der Waals surface area contributed by atoms with E-state index in [0.717, 1.165) is 5.69 Å². The van der Waals surface area contributed by atoms with Gasteiger partial charge >= 0.3 is 0 Å². The second-order valence-electron chi connectivity index (χ2n) is 4.07. The SMILES string of the molecule is N#CCCN(c1ccccc1)c1cccc(F)c1N. The second-order valence-corrected chi connectivity index (χ2v) is 4.07. The zero-order valence-electron chi connectivity index (χ0n) is 10.4. The smallest absolute Gasteiger partial charge is 0.148 e. The molecule has 2 aromatic rings. The molecule has 0 aliphatic heterocycles. The van der Waals surface area contributed by atoms with Crippen LogP contribution < -0.4 is 10.6 Å². The Bertz CT molecular complexity index is 590. The van der Waals surface area contributed by atoms with E-state index in [2.05, 4.69) is 6.07 Å². The lowest BCUT2D eigenvalue weighted by molar-refractivity contribution is 0.632. The van der Waals surface area contributed by atoms with Crippen molar-refractivity contribution >= 4 is 17.1 Å². The van der Waals surface area contributed by atoms with Crippen LogP contribution in [0.25, 0.3) is 0 Å². The quantitative estimate of drug-likeness (QED) is 0.851. The maximum Gasteiger partial charge on any atom is 0.148 e. The molecule has 2 rings (SSSR count). The molecule has 0 saturated carbocycles. The minimum absolute atomic E-state index is 0.101. The molecule has 0 aliphatic rings. The van der Waals surface area contributed by atoms with Crippen LogP contribution >= 0.6 is 0 Å². The third kappa shape index (κ3) is 2.83. The maximum absolute atomic E-state index is 13.6. The number of benzene rings is 2. The molecule has 0 radical (unpaired) electrons. The number of halogens is 1. The zero-order chi connectivity index (χ0) is 13.7. The first-order valence-corrected chi connectivity index (χ1v) is 5.97. The lowest BCUT2D eigenvalue weighted by Gasteiger charge is -2.25. The molecule has 0 bridgehead atoms. The molecule has 3 nitrogen and oxygen atoms in total. The van der Waals surface area contributed by atoms with Crippen molar-refractivity contribution in [1.82, 2.24) is 0 Å². The molecular formula is C15H14FN3. The van der Waals surface area contributed by atoms with Gasteiger partial charge in [0.05, 0.1) is 23.9 Å².